The van der Waals surface area contributed by atoms with Crippen LogP contribution in [0.5, 0.6) is 5.75 Å². The molecule has 2 atom stereocenters. The number of ether oxygens (including phenoxy) is 2. The molecule has 1 aliphatic heterocycles. The Hall–Kier alpha value is -3.09. The van der Waals surface area contributed by atoms with Crippen molar-refractivity contribution in [3.8, 4) is 5.75 Å². The topological polar surface area (TPSA) is 77.1 Å². The van der Waals surface area contributed by atoms with Crippen LogP contribution in [0.1, 0.15) is 51.5 Å². The van der Waals surface area contributed by atoms with Crippen molar-refractivity contribution in [3.63, 3.8) is 0 Å². The Morgan fingerprint density at radius 3 is 2.65 bits per heavy atom. The quantitative estimate of drug-likeness (QED) is 0.635. The Balaban J connectivity index is 1.79. The first-order chi connectivity index (χ1) is 14.6. The van der Waals surface area contributed by atoms with Crippen LogP contribution in [0.15, 0.2) is 53.5 Å². The number of aliphatic imine (C=N–C) groups is 1. The number of aryl methyl sites for hydroxylation is 1. The van der Waals surface area contributed by atoms with Crippen molar-refractivity contribution in [1.82, 2.24) is 4.90 Å². The number of amides is 1. The summed E-state index contributed by atoms with van der Waals surface area (Å²) in [6, 6.07) is 14.7. The summed E-state index contributed by atoms with van der Waals surface area (Å²) in [5, 5.41) is 0. The van der Waals surface area contributed by atoms with Crippen molar-refractivity contribution in [2.75, 3.05) is 6.54 Å². The SMILES string of the molecule is C[C@H]1Oc2ccc(C(F)N(CCCc3ccccc3)C(=O)OC(C)(C)C)cc2N=C1N. The lowest BCUT2D eigenvalue weighted by Gasteiger charge is -2.30. The predicted molar refractivity (Wildman–Crippen MR) is 119 cm³/mol. The Bertz CT molecular complexity index is 941. The van der Waals surface area contributed by atoms with Gasteiger partial charge in [-0.05, 0) is 58.2 Å². The molecule has 0 fully saturated rings. The number of benzene rings is 2. The normalized spacial score (nSPS) is 16.5. The van der Waals surface area contributed by atoms with Crippen LogP contribution in [-0.2, 0) is 11.2 Å². The molecule has 1 heterocycles. The van der Waals surface area contributed by atoms with Crippen LogP contribution >= 0.6 is 0 Å². The zero-order chi connectivity index (χ0) is 22.6. The summed E-state index contributed by atoms with van der Waals surface area (Å²) in [5.74, 6) is 0.859. The highest BCUT2D eigenvalue weighted by atomic mass is 19.1. The summed E-state index contributed by atoms with van der Waals surface area (Å²) in [7, 11) is 0. The van der Waals surface area contributed by atoms with E-state index >= 15 is 4.39 Å². The number of halogens is 1. The van der Waals surface area contributed by atoms with E-state index < -0.39 is 18.0 Å². The molecule has 1 unspecified atom stereocenters. The Morgan fingerprint density at radius 1 is 1.26 bits per heavy atom. The number of nitrogens with zero attached hydrogens (tertiary/aromatic N) is 2. The van der Waals surface area contributed by atoms with Gasteiger partial charge in [0.2, 0.25) is 6.30 Å². The van der Waals surface area contributed by atoms with Gasteiger partial charge in [0, 0.05) is 12.1 Å². The first kappa shape index (κ1) is 22.6. The van der Waals surface area contributed by atoms with E-state index in [-0.39, 0.29) is 12.6 Å². The first-order valence-electron chi connectivity index (χ1n) is 10.5. The molecule has 0 radical (unpaired) electrons. The summed E-state index contributed by atoms with van der Waals surface area (Å²) in [5.41, 5.74) is 7.01. The van der Waals surface area contributed by atoms with Gasteiger partial charge in [-0.25, -0.2) is 14.2 Å². The van der Waals surface area contributed by atoms with Crippen molar-refractivity contribution in [2.24, 2.45) is 10.7 Å². The molecule has 166 valence electrons. The minimum absolute atomic E-state index is 0.209. The van der Waals surface area contributed by atoms with Gasteiger partial charge in [0.1, 0.15) is 22.9 Å². The Kier molecular flexibility index (Phi) is 6.83. The van der Waals surface area contributed by atoms with E-state index in [9.17, 15) is 4.79 Å². The van der Waals surface area contributed by atoms with Crippen LogP contribution in [0, 0.1) is 0 Å². The lowest BCUT2D eigenvalue weighted by Crippen LogP contribution is -2.39. The third-order valence-corrected chi connectivity index (χ3v) is 4.84. The zero-order valence-corrected chi connectivity index (χ0v) is 18.5. The van der Waals surface area contributed by atoms with E-state index in [0.29, 0.717) is 29.3 Å². The van der Waals surface area contributed by atoms with E-state index in [1.54, 1.807) is 45.9 Å². The fourth-order valence-corrected chi connectivity index (χ4v) is 3.25. The van der Waals surface area contributed by atoms with Crippen LogP contribution in [-0.4, -0.2) is 35.1 Å². The zero-order valence-electron chi connectivity index (χ0n) is 18.5. The highest BCUT2D eigenvalue weighted by Crippen LogP contribution is 2.36. The largest absolute Gasteiger partial charge is 0.481 e. The molecular formula is C24H30FN3O3. The molecule has 0 saturated carbocycles. The number of hydrogen-bond acceptors (Lipinski definition) is 5. The van der Waals surface area contributed by atoms with Gasteiger partial charge in [-0.3, -0.25) is 4.90 Å². The summed E-state index contributed by atoms with van der Waals surface area (Å²) >= 11 is 0. The summed E-state index contributed by atoms with van der Waals surface area (Å²) in [6.45, 7) is 7.28. The van der Waals surface area contributed by atoms with Crippen molar-refractivity contribution in [1.29, 1.82) is 0 Å². The van der Waals surface area contributed by atoms with E-state index in [0.717, 1.165) is 16.9 Å². The van der Waals surface area contributed by atoms with Crippen LogP contribution in [0.4, 0.5) is 14.9 Å². The molecule has 0 spiro atoms. The number of amidine groups is 1. The Morgan fingerprint density at radius 2 is 1.97 bits per heavy atom. The maximum absolute atomic E-state index is 15.6. The highest BCUT2D eigenvalue weighted by molar-refractivity contribution is 5.89. The standard InChI is InChI=1S/C24H30FN3O3/c1-16-22(26)27-19-15-18(12-13-20(19)30-16)21(25)28(23(29)31-24(2,3)4)14-8-11-17-9-6-5-7-10-17/h5-7,9-10,12-13,15-16,21H,8,11,14H2,1-4H3,(H2,26,27)/t16-,21?/m1/s1. The number of alkyl halides is 1. The minimum Gasteiger partial charge on any atom is -0.481 e. The maximum Gasteiger partial charge on any atom is 0.412 e. The van der Waals surface area contributed by atoms with Crippen molar-refractivity contribution in [3.05, 3.63) is 59.7 Å². The molecular weight excluding hydrogens is 397 g/mol. The lowest BCUT2D eigenvalue weighted by atomic mass is 10.1. The van der Waals surface area contributed by atoms with E-state index in [1.165, 1.54) is 0 Å². The molecule has 2 N–H and O–H groups in total. The van der Waals surface area contributed by atoms with Gasteiger partial charge in [-0.1, -0.05) is 36.4 Å². The number of nitrogens with two attached hydrogens (primary N) is 1. The average Bonchev–Trinajstić information content (AvgIpc) is 2.70. The molecule has 0 aliphatic carbocycles. The van der Waals surface area contributed by atoms with Gasteiger partial charge in [0.05, 0.1) is 0 Å². The van der Waals surface area contributed by atoms with Crippen molar-refractivity contribution < 1.29 is 18.7 Å². The van der Waals surface area contributed by atoms with Crippen LogP contribution in [0.2, 0.25) is 0 Å². The predicted octanol–water partition coefficient (Wildman–Crippen LogP) is 5.29. The van der Waals surface area contributed by atoms with Gasteiger partial charge in [-0.15, -0.1) is 0 Å². The molecule has 0 saturated heterocycles. The smallest absolute Gasteiger partial charge is 0.412 e. The number of carbonyl (C=O) groups is 1. The summed E-state index contributed by atoms with van der Waals surface area (Å²) in [4.78, 5) is 18.2. The minimum atomic E-state index is -1.69. The average molecular weight is 428 g/mol. The second-order valence-electron chi connectivity index (χ2n) is 8.62. The number of rotatable bonds is 6. The number of fused-ring (bicyclic) bond motifs is 1. The third-order valence-electron chi connectivity index (χ3n) is 4.84. The van der Waals surface area contributed by atoms with Crippen molar-refractivity contribution >= 4 is 17.6 Å². The molecule has 6 nitrogen and oxygen atoms in total. The molecule has 2 aromatic rings. The molecule has 2 aromatic carbocycles. The van der Waals surface area contributed by atoms with Crippen molar-refractivity contribution in [2.45, 2.75) is 58.5 Å². The molecule has 1 aliphatic rings. The van der Waals surface area contributed by atoms with Crippen LogP contribution in [0.3, 0.4) is 0 Å². The van der Waals surface area contributed by atoms with Crippen LogP contribution in [0.25, 0.3) is 0 Å². The van der Waals surface area contributed by atoms with Gasteiger partial charge in [-0.2, -0.15) is 0 Å². The second kappa shape index (κ2) is 9.37. The fraction of sp³-hybridized carbons (Fsp3) is 0.417. The molecule has 0 aromatic heterocycles. The second-order valence-corrected chi connectivity index (χ2v) is 8.62. The molecule has 31 heavy (non-hydrogen) atoms. The van der Waals surface area contributed by atoms with Gasteiger partial charge < -0.3 is 15.2 Å². The van der Waals surface area contributed by atoms with Crippen LogP contribution < -0.4 is 10.5 Å². The number of hydrogen-bond donors (Lipinski definition) is 1. The van der Waals surface area contributed by atoms with E-state index in [4.69, 9.17) is 15.2 Å². The molecule has 7 heteroatoms. The highest BCUT2D eigenvalue weighted by Gasteiger charge is 2.30. The van der Waals surface area contributed by atoms with E-state index in [1.807, 2.05) is 30.3 Å². The fourth-order valence-electron chi connectivity index (χ4n) is 3.25. The first-order valence-corrected chi connectivity index (χ1v) is 10.5. The van der Waals surface area contributed by atoms with Gasteiger partial charge in [0.15, 0.2) is 6.10 Å². The van der Waals surface area contributed by atoms with Gasteiger partial charge >= 0.3 is 6.09 Å². The van der Waals surface area contributed by atoms with E-state index in [2.05, 4.69) is 4.99 Å². The monoisotopic (exact) mass is 427 g/mol. The number of carbonyl (C=O) groups excluding carboxylic acids is 1. The third kappa shape index (κ3) is 5.96. The van der Waals surface area contributed by atoms with Gasteiger partial charge in [0.25, 0.3) is 0 Å². The molecule has 3 rings (SSSR count). The molecule has 0 bridgehead atoms. The molecule has 1 amide bonds. The summed E-state index contributed by atoms with van der Waals surface area (Å²) in [6.07, 6.45) is -1.40. The Labute approximate surface area is 182 Å². The summed E-state index contributed by atoms with van der Waals surface area (Å²) < 4.78 is 26.7. The maximum atomic E-state index is 15.6. The lowest BCUT2D eigenvalue weighted by molar-refractivity contribution is -0.00409.